The highest BCUT2D eigenvalue weighted by Crippen LogP contribution is 2.26. The predicted octanol–water partition coefficient (Wildman–Crippen LogP) is 3.92. The molecule has 172 valence electrons. The average Bonchev–Trinajstić information content (AvgIpc) is 2.86. The second-order valence-corrected chi connectivity index (χ2v) is 9.57. The summed E-state index contributed by atoms with van der Waals surface area (Å²) < 4.78 is 1.83. The molecular formula is C27H32N4O2. The van der Waals surface area contributed by atoms with Crippen LogP contribution in [-0.4, -0.2) is 46.5 Å². The first-order valence-electron chi connectivity index (χ1n) is 12.2. The Bertz CT molecular complexity index is 1170. The second kappa shape index (κ2) is 9.38. The smallest absolute Gasteiger partial charge is 0.294 e. The van der Waals surface area contributed by atoms with Crippen LogP contribution in [0, 0.1) is 11.8 Å². The van der Waals surface area contributed by atoms with Crippen LogP contribution >= 0.6 is 0 Å². The van der Waals surface area contributed by atoms with Gasteiger partial charge in [-0.05, 0) is 49.3 Å². The SMILES string of the molecule is CC1CCN(C(=O)C2CCN(c3nc4ccccc4n(Cc4ccccc4)c3=O)CC2)CC1. The molecule has 2 fully saturated rings. The normalized spacial score (nSPS) is 18.1. The first-order chi connectivity index (χ1) is 16.1. The molecular weight excluding hydrogens is 412 g/mol. The van der Waals surface area contributed by atoms with Gasteiger partial charge in [-0.25, -0.2) is 4.98 Å². The molecule has 1 amide bonds. The van der Waals surface area contributed by atoms with E-state index in [1.165, 1.54) is 0 Å². The number of para-hydroxylation sites is 2. The Morgan fingerprint density at radius 1 is 0.909 bits per heavy atom. The Morgan fingerprint density at radius 2 is 1.58 bits per heavy atom. The van der Waals surface area contributed by atoms with Crippen molar-refractivity contribution in [3.8, 4) is 0 Å². The van der Waals surface area contributed by atoms with Crippen LogP contribution in [-0.2, 0) is 11.3 Å². The van der Waals surface area contributed by atoms with E-state index < -0.39 is 0 Å². The molecule has 2 aliphatic rings. The number of nitrogens with zero attached hydrogens (tertiary/aromatic N) is 4. The Labute approximate surface area is 194 Å². The van der Waals surface area contributed by atoms with Gasteiger partial charge in [-0.3, -0.25) is 14.2 Å². The van der Waals surface area contributed by atoms with E-state index in [-0.39, 0.29) is 11.5 Å². The van der Waals surface area contributed by atoms with E-state index in [2.05, 4.69) is 16.7 Å². The molecule has 6 nitrogen and oxygen atoms in total. The van der Waals surface area contributed by atoms with Crippen molar-refractivity contribution in [2.75, 3.05) is 31.1 Å². The van der Waals surface area contributed by atoms with Gasteiger partial charge in [0.25, 0.3) is 5.56 Å². The van der Waals surface area contributed by atoms with E-state index in [1.54, 1.807) is 0 Å². The summed E-state index contributed by atoms with van der Waals surface area (Å²) in [5.41, 5.74) is 2.69. The number of carbonyl (C=O) groups is 1. The third-order valence-electron chi connectivity index (χ3n) is 7.26. The molecule has 33 heavy (non-hydrogen) atoms. The van der Waals surface area contributed by atoms with Crippen molar-refractivity contribution >= 4 is 22.8 Å². The van der Waals surface area contributed by atoms with Gasteiger partial charge < -0.3 is 9.80 Å². The lowest BCUT2D eigenvalue weighted by atomic mass is 9.92. The number of benzene rings is 2. The van der Waals surface area contributed by atoms with E-state index in [0.717, 1.165) is 55.4 Å². The zero-order valence-electron chi connectivity index (χ0n) is 19.3. The fourth-order valence-electron chi connectivity index (χ4n) is 5.13. The van der Waals surface area contributed by atoms with Crippen LogP contribution in [0.4, 0.5) is 5.82 Å². The molecule has 3 aromatic rings. The van der Waals surface area contributed by atoms with Crippen LogP contribution in [0.25, 0.3) is 11.0 Å². The minimum atomic E-state index is -0.0626. The fraction of sp³-hybridized carbons (Fsp3) is 0.444. The van der Waals surface area contributed by atoms with Crippen molar-refractivity contribution in [1.82, 2.24) is 14.5 Å². The number of carbonyl (C=O) groups excluding carboxylic acids is 1. The van der Waals surface area contributed by atoms with Gasteiger partial charge in [-0.1, -0.05) is 49.4 Å². The molecule has 0 saturated carbocycles. The van der Waals surface area contributed by atoms with Gasteiger partial charge in [0.2, 0.25) is 5.91 Å². The van der Waals surface area contributed by atoms with Crippen molar-refractivity contribution in [3.63, 3.8) is 0 Å². The molecule has 0 bridgehead atoms. The molecule has 0 spiro atoms. The quantitative estimate of drug-likeness (QED) is 0.612. The number of aromatic nitrogens is 2. The first-order valence-corrected chi connectivity index (χ1v) is 12.2. The van der Waals surface area contributed by atoms with E-state index in [9.17, 15) is 9.59 Å². The topological polar surface area (TPSA) is 58.4 Å². The predicted molar refractivity (Wildman–Crippen MR) is 131 cm³/mol. The molecule has 5 rings (SSSR count). The highest BCUT2D eigenvalue weighted by atomic mass is 16.2. The highest BCUT2D eigenvalue weighted by Gasteiger charge is 2.31. The third kappa shape index (κ3) is 4.52. The lowest BCUT2D eigenvalue weighted by molar-refractivity contribution is -0.137. The lowest BCUT2D eigenvalue weighted by Gasteiger charge is -2.37. The first kappa shape index (κ1) is 21.7. The number of hydrogen-bond donors (Lipinski definition) is 0. The molecule has 0 atom stereocenters. The zero-order valence-corrected chi connectivity index (χ0v) is 19.3. The van der Waals surface area contributed by atoms with Gasteiger partial charge >= 0.3 is 0 Å². The summed E-state index contributed by atoms with van der Waals surface area (Å²) in [6, 6.07) is 17.9. The van der Waals surface area contributed by atoms with Crippen molar-refractivity contribution in [2.45, 2.75) is 39.2 Å². The summed E-state index contributed by atoms with van der Waals surface area (Å²) in [5.74, 6) is 1.58. The summed E-state index contributed by atoms with van der Waals surface area (Å²) >= 11 is 0. The number of fused-ring (bicyclic) bond motifs is 1. The number of likely N-dealkylation sites (tertiary alicyclic amines) is 1. The van der Waals surface area contributed by atoms with Gasteiger partial charge in [0.05, 0.1) is 17.6 Å². The largest absolute Gasteiger partial charge is 0.352 e. The Morgan fingerprint density at radius 3 is 2.30 bits per heavy atom. The second-order valence-electron chi connectivity index (χ2n) is 9.57. The third-order valence-corrected chi connectivity index (χ3v) is 7.26. The molecule has 1 aromatic heterocycles. The lowest BCUT2D eigenvalue weighted by Crippen LogP contribution is -2.46. The Kier molecular flexibility index (Phi) is 6.16. The molecule has 0 unspecified atom stereocenters. The molecule has 0 aliphatic carbocycles. The molecule has 0 radical (unpaired) electrons. The summed E-state index contributed by atoms with van der Waals surface area (Å²) in [6.45, 7) is 5.92. The minimum Gasteiger partial charge on any atom is -0.352 e. The molecule has 6 heteroatoms. The van der Waals surface area contributed by atoms with E-state index in [4.69, 9.17) is 4.98 Å². The van der Waals surface area contributed by atoms with E-state index >= 15 is 0 Å². The van der Waals surface area contributed by atoms with Gasteiger partial charge in [0, 0.05) is 32.1 Å². The number of rotatable bonds is 4. The van der Waals surface area contributed by atoms with Crippen LogP contribution in [0.3, 0.4) is 0 Å². The molecule has 2 aliphatic heterocycles. The maximum atomic E-state index is 13.6. The molecule has 3 heterocycles. The van der Waals surface area contributed by atoms with Gasteiger partial charge in [0.1, 0.15) is 0 Å². The van der Waals surface area contributed by atoms with Crippen molar-refractivity contribution in [3.05, 3.63) is 70.5 Å². The monoisotopic (exact) mass is 444 g/mol. The van der Waals surface area contributed by atoms with Crippen LogP contribution in [0.2, 0.25) is 0 Å². The summed E-state index contributed by atoms with van der Waals surface area (Å²) in [4.78, 5) is 35.5. The maximum Gasteiger partial charge on any atom is 0.294 e. The number of amides is 1. The maximum absolute atomic E-state index is 13.6. The molecule has 2 saturated heterocycles. The Balaban J connectivity index is 1.37. The van der Waals surface area contributed by atoms with Crippen molar-refractivity contribution in [2.24, 2.45) is 11.8 Å². The fourth-order valence-corrected chi connectivity index (χ4v) is 5.13. The highest BCUT2D eigenvalue weighted by molar-refractivity contribution is 5.79. The van der Waals surface area contributed by atoms with Crippen molar-refractivity contribution in [1.29, 1.82) is 0 Å². The van der Waals surface area contributed by atoms with Gasteiger partial charge in [-0.15, -0.1) is 0 Å². The van der Waals surface area contributed by atoms with Crippen LogP contribution in [0.1, 0.15) is 38.2 Å². The zero-order chi connectivity index (χ0) is 22.8. The number of piperidine rings is 2. The average molecular weight is 445 g/mol. The standard InChI is InChI=1S/C27H32N4O2/c1-20-11-15-30(16-12-20)26(32)22-13-17-29(18-14-22)25-27(33)31(19-21-7-3-2-4-8-21)24-10-6-5-9-23(24)28-25/h2-10,20,22H,11-19H2,1H3. The summed E-state index contributed by atoms with van der Waals surface area (Å²) in [6.07, 6.45) is 3.76. The summed E-state index contributed by atoms with van der Waals surface area (Å²) in [7, 11) is 0. The van der Waals surface area contributed by atoms with Crippen LogP contribution in [0.15, 0.2) is 59.4 Å². The van der Waals surface area contributed by atoms with Crippen LogP contribution in [0.5, 0.6) is 0 Å². The molecule has 2 aromatic carbocycles. The van der Waals surface area contributed by atoms with Crippen molar-refractivity contribution < 1.29 is 4.79 Å². The van der Waals surface area contributed by atoms with Crippen LogP contribution < -0.4 is 10.5 Å². The van der Waals surface area contributed by atoms with E-state index in [0.29, 0.717) is 37.3 Å². The van der Waals surface area contributed by atoms with E-state index in [1.807, 2.05) is 59.2 Å². The summed E-state index contributed by atoms with van der Waals surface area (Å²) in [5, 5.41) is 0. The number of hydrogen-bond acceptors (Lipinski definition) is 4. The number of anilines is 1. The van der Waals surface area contributed by atoms with Gasteiger partial charge in [-0.2, -0.15) is 0 Å². The van der Waals surface area contributed by atoms with Gasteiger partial charge in [0.15, 0.2) is 5.82 Å². The molecule has 0 N–H and O–H groups in total. The minimum absolute atomic E-state index is 0.0571. The Hall–Kier alpha value is -3.15.